The van der Waals surface area contributed by atoms with Crippen molar-refractivity contribution in [2.45, 2.75) is 76.4 Å². The number of Topliss-reactive ketones (excluding diaryl/α,β-unsaturated/α-hetero) is 1. The molecule has 3 amide bonds. The van der Waals surface area contributed by atoms with Crippen molar-refractivity contribution in [3.05, 3.63) is 90.3 Å². The average Bonchev–Trinajstić information content (AvgIpc) is 4.07. The molecule has 0 radical (unpaired) electrons. The number of rotatable bonds is 13. The smallest absolute Gasteiger partial charge is 0.407 e. The highest BCUT2D eigenvalue weighted by molar-refractivity contribution is 7.20. The fourth-order valence-electron chi connectivity index (χ4n) is 7.87. The van der Waals surface area contributed by atoms with E-state index in [1.165, 1.54) is 25.6 Å². The number of alkyl carbamates (subject to hydrolysis) is 1. The number of H-pyrrole nitrogens is 1. The van der Waals surface area contributed by atoms with E-state index in [-0.39, 0.29) is 42.4 Å². The molecule has 0 spiro atoms. The summed E-state index contributed by atoms with van der Waals surface area (Å²) >= 11 is 1.52. The number of nitrogens with zero attached hydrogens (tertiary/aromatic N) is 5. The van der Waals surface area contributed by atoms with Gasteiger partial charge in [-0.1, -0.05) is 79.8 Å². The maximum Gasteiger partial charge on any atom is 0.407 e. The van der Waals surface area contributed by atoms with E-state index in [2.05, 4.69) is 15.3 Å². The number of benzene rings is 2. The molecule has 57 heavy (non-hydrogen) atoms. The van der Waals surface area contributed by atoms with E-state index in [0.717, 1.165) is 45.1 Å². The molecule has 2 fully saturated rings. The van der Waals surface area contributed by atoms with E-state index in [9.17, 15) is 24.0 Å². The van der Waals surface area contributed by atoms with Crippen molar-refractivity contribution >= 4 is 46.0 Å². The molecule has 7 rings (SSSR count). The molecule has 2 aliphatic rings. The van der Waals surface area contributed by atoms with Gasteiger partial charge < -0.3 is 29.6 Å². The van der Waals surface area contributed by atoms with Crippen LogP contribution in [0.3, 0.4) is 0 Å². The van der Waals surface area contributed by atoms with Crippen LogP contribution in [0.1, 0.15) is 75.0 Å². The van der Waals surface area contributed by atoms with Crippen molar-refractivity contribution < 1.29 is 33.4 Å². The number of carbonyl (C=O) groups is 5. The Morgan fingerprint density at radius 2 is 1.61 bits per heavy atom. The molecule has 5 aromatic rings. The molecule has 2 aliphatic heterocycles. The number of carbonyl (C=O) groups excluding carboxylic acids is 5. The van der Waals surface area contributed by atoms with Gasteiger partial charge in [-0.05, 0) is 48.3 Å². The number of thiazole rings is 1. The van der Waals surface area contributed by atoms with Crippen LogP contribution in [0.25, 0.3) is 26.7 Å². The summed E-state index contributed by atoms with van der Waals surface area (Å²) in [5.74, 6) is -1.08. The minimum Gasteiger partial charge on any atom is -0.469 e. The first-order valence-electron chi connectivity index (χ1n) is 19.3. The average molecular weight is 794 g/mol. The summed E-state index contributed by atoms with van der Waals surface area (Å²) in [5, 5.41) is 2.69. The van der Waals surface area contributed by atoms with Gasteiger partial charge in [-0.3, -0.25) is 23.6 Å². The van der Waals surface area contributed by atoms with Gasteiger partial charge in [0.25, 0.3) is 0 Å². The number of nitrogens with one attached hydrogen (secondary N) is 2. The number of imidazole rings is 2. The van der Waals surface area contributed by atoms with Crippen LogP contribution in [0.5, 0.6) is 0 Å². The second kappa shape index (κ2) is 17.1. The molecule has 2 aromatic carbocycles. The van der Waals surface area contributed by atoms with E-state index in [1.54, 1.807) is 16.0 Å². The first kappa shape index (κ1) is 39.4. The van der Waals surface area contributed by atoms with Gasteiger partial charge in [0.2, 0.25) is 11.8 Å². The lowest BCUT2D eigenvalue weighted by Crippen LogP contribution is -2.51. The Morgan fingerprint density at radius 1 is 0.895 bits per heavy atom. The number of ketones is 1. The zero-order chi connectivity index (χ0) is 40.2. The van der Waals surface area contributed by atoms with Crippen LogP contribution >= 0.6 is 11.3 Å². The summed E-state index contributed by atoms with van der Waals surface area (Å²) in [7, 11) is 2.59. The van der Waals surface area contributed by atoms with Crippen molar-refractivity contribution in [2.75, 3.05) is 27.3 Å². The van der Waals surface area contributed by atoms with Crippen molar-refractivity contribution in [3.63, 3.8) is 0 Å². The number of amides is 3. The number of likely N-dealkylation sites (tertiary alicyclic amines) is 2. The second-order valence-corrected chi connectivity index (χ2v) is 15.9. The van der Waals surface area contributed by atoms with Crippen molar-refractivity contribution in [3.8, 4) is 21.7 Å². The molecule has 0 aliphatic carbocycles. The number of hydrogen-bond acceptors (Lipinski definition) is 10. The van der Waals surface area contributed by atoms with Gasteiger partial charge in [0.05, 0.1) is 67.5 Å². The standard InChI is InChI=1S/C42H47N7O7S/c1-25(2)37(46-42(54)56-4)40(53)49-19-9-13-33(49)38-43-22-31(45-38)27-14-16-28(17-15-27)35-24-47-23-29(44-41(47)57-35)20-34(50)32-12-8-18-48(32)39(52)30(21-36(51)55-3)26-10-6-5-7-11-26/h5-7,10-11,14-17,22-25,30,32-33,37H,8-9,12-13,18-21H2,1-4H3,(H,43,45)(H,46,54)/t30-,32+,33+,37+/m1/s1. The number of esters is 1. The van der Waals surface area contributed by atoms with Crippen LogP contribution in [0, 0.1) is 5.92 Å². The van der Waals surface area contributed by atoms with Crippen LogP contribution in [0.4, 0.5) is 4.79 Å². The lowest BCUT2D eigenvalue weighted by Gasteiger charge is -2.30. The van der Waals surface area contributed by atoms with E-state index in [4.69, 9.17) is 14.5 Å². The Hall–Kier alpha value is -5.83. The molecule has 15 heteroatoms. The second-order valence-electron chi connectivity index (χ2n) is 14.9. The van der Waals surface area contributed by atoms with Crippen LogP contribution in [-0.2, 0) is 35.1 Å². The summed E-state index contributed by atoms with van der Waals surface area (Å²) in [4.78, 5) is 83.2. The molecule has 14 nitrogen and oxygen atoms in total. The van der Waals surface area contributed by atoms with Gasteiger partial charge in [0.1, 0.15) is 11.9 Å². The summed E-state index contributed by atoms with van der Waals surface area (Å²) in [6.07, 6.45) is 7.90. The largest absolute Gasteiger partial charge is 0.469 e. The number of aromatic nitrogens is 4. The van der Waals surface area contributed by atoms with E-state index >= 15 is 0 Å². The zero-order valence-corrected chi connectivity index (χ0v) is 33.3. The Kier molecular flexibility index (Phi) is 11.8. The lowest BCUT2D eigenvalue weighted by atomic mass is 9.93. The maximum atomic E-state index is 13.8. The Balaban J connectivity index is 0.994. The van der Waals surface area contributed by atoms with Crippen LogP contribution < -0.4 is 5.32 Å². The minimum atomic E-state index is -0.726. The normalized spacial score (nSPS) is 17.8. The molecule has 2 saturated heterocycles. The van der Waals surface area contributed by atoms with Crippen LogP contribution in [-0.4, -0.2) is 98.2 Å². The fourth-order valence-corrected chi connectivity index (χ4v) is 8.86. The molecule has 4 atom stereocenters. The summed E-state index contributed by atoms with van der Waals surface area (Å²) in [5.41, 5.74) is 4.15. The third-order valence-corrected chi connectivity index (χ3v) is 11.9. The molecular weight excluding hydrogens is 747 g/mol. The van der Waals surface area contributed by atoms with Crippen molar-refractivity contribution in [1.29, 1.82) is 0 Å². The zero-order valence-electron chi connectivity index (χ0n) is 32.5. The predicted molar refractivity (Wildman–Crippen MR) is 213 cm³/mol. The fraction of sp³-hybridized carbons (Fsp3) is 0.405. The predicted octanol–water partition coefficient (Wildman–Crippen LogP) is 5.95. The lowest BCUT2D eigenvalue weighted by molar-refractivity contribution is -0.145. The highest BCUT2D eigenvalue weighted by Gasteiger charge is 2.39. The third kappa shape index (κ3) is 8.48. The molecule has 5 heterocycles. The monoisotopic (exact) mass is 793 g/mol. The highest BCUT2D eigenvalue weighted by atomic mass is 32.1. The van der Waals surface area contributed by atoms with E-state index in [1.807, 2.05) is 85.2 Å². The van der Waals surface area contributed by atoms with Gasteiger partial charge in [-0.2, -0.15) is 0 Å². The minimum absolute atomic E-state index is 0.0724. The molecule has 2 N–H and O–H groups in total. The summed E-state index contributed by atoms with van der Waals surface area (Å²) in [6.45, 7) is 4.82. The van der Waals surface area contributed by atoms with Crippen LogP contribution in [0.15, 0.2) is 73.2 Å². The first-order valence-corrected chi connectivity index (χ1v) is 20.1. The molecule has 0 saturated carbocycles. The first-order chi connectivity index (χ1) is 27.5. The number of methoxy groups -OCH3 is 2. The van der Waals surface area contributed by atoms with E-state index < -0.39 is 30.1 Å². The number of ether oxygens (including phenoxy) is 2. The van der Waals surface area contributed by atoms with Gasteiger partial charge in [-0.15, -0.1) is 0 Å². The summed E-state index contributed by atoms with van der Waals surface area (Å²) < 4.78 is 11.6. The van der Waals surface area contributed by atoms with Crippen molar-refractivity contribution in [2.24, 2.45) is 5.92 Å². The summed E-state index contributed by atoms with van der Waals surface area (Å²) in [6, 6.07) is 15.8. The maximum absolute atomic E-state index is 13.8. The SMILES string of the molecule is COC(=O)C[C@@H](C(=O)N1CCC[C@H]1C(=O)Cc1cn2cc(-c3ccc(-c4cnc([C@@H]5CCCN5C(=O)[C@@H](NC(=O)OC)C(C)C)[nH]4)cc3)sc2n1)c1ccccc1. The quantitative estimate of drug-likeness (QED) is 0.137. The van der Waals surface area contributed by atoms with Crippen molar-refractivity contribution in [1.82, 2.24) is 34.5 Å². The number of aromatic amines is 1. The topological polar surface area (TPSA) is 168 Å². The van der Waals surface area contributed by atoms with Gasteiger partial charge in [-0.25, -0.2) is 14.8 Å². The van der Waals surface area contributed by atoms with Gasteiger partial charge >= 0.3 is 12.1 Å². The third-order valence-electron chi connectivity index (χ3n) is 10.9. The molecule has 3 aromatic heterocycles. The van der Waals surface area contributed by atoms with Crippen LogP contribution in [0.2, 0.25) is 0 Å². The number of hydrogen-bond donors (Lipinski definition) is 2. The highest BCUT2D eigenvalue weighted by Crippen LogP contribution is 2.35. The Bertz CT molecular complexity index is 2210. The molecule has 0 bridgehead atoms. The Morgan fingerprint density at radius 3 is 2.32 bits per heavy atom. The Labute approximate surface area is 334 Å². The van der Waals surface area contributed by atoms with Gasteiger partial charge in [0, 0.05) is 25.5 Å². The molecular formula is C42H47N7O7S. The van der Waals surface area contributed by atoms with E-state index in [0.29, 0.717) is 37.4 Å². The number of fused-ring (bicyclic) bond motifs is 1. The molecule has 298 valence electrons. The molecule has 0 unspecified atom stereocenters. The van der Waals surface area contributed by atoms with Gasteiger partial charge in [0.15, 0.2) is 10.7 Å².